The average molecular weight is 366 g/mol. The van der Waals surface area contributed by atoms with Gasteiger partial charge in [-0.25, -0.2) is 9.78 Å². The lowest BCUT2D eigenvalue weighted by Crippen LogP contribution is -2.42. The van der Waals surface area contributed by atoms with Gasteiger partial charge in [0.1, 0.15) is 14.9 Å². The molecule has 0 bridgehead atoms. The van der Waals surface area contributed by atoms with Crippen molar-refractivity contribution in [2.75, 3.05) is 0 Å². The zero-order chi connectivity index (χ0) is 12.8. The van der Waals surface area contributed by atoms with Crippen LogP contribution in [0.3, 0.4) is 0 Å². The van der Waals surface area contributed by atoms with Gasteiger partial charge in [0.25, 0.3) is 5.56 Å². The zero-order valence-corrected chi connectivity index (χ0v) is 12.2. The molecule has 0 saturated heterocycles. The molecule has 0 spiro atoms. The van der Waals surface area contributed by atoms with Crippen molar-refractivity contribution >= 4 is 37.8 Å². The summed E-state index contributed by atoms with van der Waals surface area (Å²) in [5.41, 5.74) is -0.838. The van der Waals surface area contributed by atoms with Crippen molar-refractivity contribution in [2.24, 2.45) is 0 Å². The van der Waals surface area contributed by atoms with E-state index in [1.54, 1.807) is 0 Å². The van der Waals surface area contributed by atoms with Gasteiger partial charge in [-0.15, -0.1) is 0 Å². The van der Waals surface area contributed by atoms with E-state index in [1.165, 1.54) is 4.57 Å². The Balaban J connectivity index is 2.80. The Labute approximate surface area is 114 Å². The first-order chi connectivity index (χ1) is 7.84. The molecular formula is C10H10Br2N2O3. The van der Waals surface area contributed by atoms with Gasteiger partial charge >= 0.3 is 5.97 Å². The van der Waals surface area contributed by atoms with Crippen LogP contribution >= 0.6 is 31.9 Å². The monoisotopic (exact) mass is 364 g/mol. The third-order valence-electron chi connectivity index (χ3n) is 2.82. The third-order valence-corrected chi connectivity index (χ3v) is 4.15. The Bertz CT molecular complexity index is 551. The molecule has 2 rings (SSSR count). The summed E-state index contributed by atoms with van der Waals surface area (Å²) in [6.45, 7) is 1.85. The van der Waals surface area contributed by atoms with E-state index in [4.69, 9.17) is 5.11 Å². The molecule has 5 nitrogen and oxygen atoms in total. The number of carboxylic acids is 1. The number of aromatic carboxylic acids is 1. The number of hydrogen-bond acceptors (Lipinski definition) is 3. The number of halogens is 2. The molecule has 0 amide bonds. The maximum Gasteiger partial charge on any atom is 0.344 e. The van der Waals surface area contributed by atoms with Gasteiger partial charge < -0.3 is 5.11 Å². The normalized spacial score (nSPS) is 23.2. The summed E-state index contributed by atoms with van der Waals surface area (Å²) in [6.07, 6.45) is 2.35. The van der Waals surface area contributed by atoms with Gasteiger partial charge in [0.15, 0.2) is 5.56 Å². The summed E-state index contributed by atoms with van der Waals surface area (Å²) < 4.78 is 0.978. The van der Waals surface area contributed by atoms with Crippen LogP contribution in [0.4, 0.5) is 0 Å². The van der Waals surface area contributed by atoms with Gasteiger partial charge in [-0.05, 0) is 35.7 Å². The second-order valence-electron chi connectivity index (χ2n) is 4.14. The Morgan fingerprint density at radius 2 is 2.24 bits per heavy atom. The number of rotatable bonds is 1. The average Bonchev–Trinajstić information content (AvgIpc) is 2.14. The number of carbonyl (C=O) groups is 1. The van der Waals surface area contributed by atoms with Crippen molar-refractivity contribution in [3.63, 3.8) is 0 Å². The van der Waals surface area contributed by atoms with E-state index in [2.05, 4.69) is 36.8 Å². The molecule has 1 aromatic heterocycles. The topological polar surface area (TPSA) is 72.2 Å². The fourth-order valence-corrected chi connectivity index (χ4v) is 3.24. The van der Waals surface area contributed by atoms with Crippen LogP contribution in [0, 0.1) is 0 Å². The molecule has 0 saturated carbocycles. The van der Waals surface area contributed by atoms with E-state index < -0.39 is 16.0 Å². The summed E-state index contributed by atoms with van der Waals surface area (Å²) >= 11 is 6.51. The van der Waals surface area contributed by atoms with Crippen molar-refractivity contribution in [2.45, 2.75) is 30.6 Å². The van der Waals surface area contributed by atoms with Crippen molar-refractivity contribution in [1.29, 1.82) is 0 Å². The molecule has 0 aliphatic carbocycles. The fraction of sp³-hybridized carbons (Fsp3) is 0.500. The van der Waals surface area contributed by atoms with Gasteiger partial charge in [0.2, 0.25) is 0 Å². The molecule has 0 aromatic carbocycles. The molecule has 1 unspecified atom stereocenters. The van der Waals surface area contributed by atoms with Gasteiger partial charge in [-0.2, -0.15) is 0 Å². The molecule has 1 atom stereocenters. The van der Waals surface area contributed by atoms with E-state index in [9.17, 15) is 9.59 Å². The second-order valence-corrected chi connectivity index (χ2v) is 6.60. The van der Waals surface area contributed by atoms with Crippen LogP contribution in [-0.2, 0) is 10.9 Å². The van der Waals surface area contributed by atoms with E-state index >= 15 is 0 Å². The molecular weight excluding hydrogens is 356 g/mol. The maximum absolute atomic E-state index is 12.2. The molecule has 2 heterocycles. The van der Waals surface area contributed by atoms with Crippen molar-refractivity contribution < 1.29 is 9.90 Å². The van der Waals surface area contributed by atoms with Crippen LogP contribution in [0.15, 0.2) is 9.40 Å². The van der Waals surface area contributed by atoms with Gasteiger partial charge in [-0.1, -0.05) is 15.9 Å². The lowest BCUT2D eigenvalue weighted by atomic mass is 10.0. The van der Waals surface area contributed by atoms with Crippen LogP contribution in [0.25, 0.3) is 0 Å². The van der Waals surface area contributed by atoms with Crippen molar-refractivity contribution in [3.05, 3.63) is 26.3 Å². The number of aryl methyl sites for hydroxylation is 1. The summed E-state index contributed by atoms with van der Waals surface area (Å²) in [7, 11) is 0. The van der Waals surface area contributed by atoms with E-state index in [-0.39, 0.29) is 10.2 Å². The minimum Gasteiger partial charge on any atom is -0.477 e. The van der Waals surface area contributed by atoms with E-state index in [0.29, 0.717) is 12.2 Å². The van der Waals surface area contributed by atoms with Crippen molar-refractivity contribution in [3.8, 4) is 0 Å². The van der Waals surface area contributed by atoms with Crippen LogP contribution in [-0.4, -0.2) is 20.6 Å². The quantitative estimate of drug-likeness (QED) is 0.611. The highest BCUT2D eigenvalue weighted by molar-refractivity contribution is 9.10. The van der Waals surface area contributed by atoms with Gasteiger partial charge in [0, 0.05) is 6.42 Å². The first-order valence-corrected chi connectivity index (χ1v) is 6.67. The summed E-state index contributed by atoms with van der Waals surface area (Å²) in [5, 5.41) is 9.02. The molecule has 1 aliphatic heterocycles. The highest BCUT2D eigenvalue weighted by Crippen LogP contribution is 2.34. The molecule has 7 heteroatoms. The summed E-state index contributed by atoms with van der Waals surface area (Å²) in [5.74, 6) is -0.656. The highest BCUT2D eigenvalue weighted by atomic mass is 79.9. The number of aromatic nitrogens is 2. The van der Waals surface area contributed by atoms with E-state index in [0.717, 1.165) is 12.8 Å². The Morgan fingerprint density at radius 1 is 1.59 bits per heavy atom. The minimum absolute atomic E-state index is 0.103. The van der Waals surface area contributed by atoms with E-state index in [1.807, 2.05) is 6.92 Å². The molecule has 0 radical (unpaired) electrons. The molecule has 1 N–H and O–H groups in total. The highest BCUT2D eigenvalue weighted by Gasteiger charge is 2.33. The predicted octanol–water partition coefficient (Wildman–Crippen LogP) is 2.11. The second kappa shape index (κ2) is 4.20. The predicted molar refractivity (Wildman–Crippen MR) is 68.7 cm³/mol. The number of hydrogen-bond donors (Lipinski definition) is 1. The van der Waals surface area contributed by atoms with Crippen LogP contribution in [0.5, 0.6) is 0 Å². The molecule has 17 heavy (non-hydrogen) atoms. The molecule has 1 aromatic rings. The first-order valence-electron chi connectivity index (χ1n) is 5.08. The fourth-order valence-electron chi connectivity index (χ4n) is 2.05. The van der Waals surface area contributed by atoms with Gasteiger partial charge in [0.05, 0.1) is 0 Å². The Kier molecular flexibility index (Phi) is 3.15. The SMILES string of the molecule is CC1(Br)CCCc2nc(Br)c(C(=O)O)c(=O)n21. The van der Waals surface area contributed by atoms with Crippen LogP contribution < -0.4 is 5.56 Å². The minimum atomic E-state index is -1.27. The Hall–Kier alpha value is -0.690. The zero-order valence-electron chi connectivity index (χ0n) is 9.04. The number of carboxylic acid groups (broad SMARTS) is 1. The molecule has 1 aliphatic rings. The smallest absolute Gasteiger partial charge is 0.344 e. The summed E-state index contributed by atoms with van der Waals surface area (Å²) in [4.78, 5) is 27.4. The van der Waals surface area contributed by atoms with Gasteiger partial charge in [-0.3, -0.25) is 9.36 Å². The lowest BCUT2D eigenvalue weighted by molar-refractivity contribution is 0.0691. The van der Waals surface area contributed by atoms with Crippen molar-refractivity contribution in [1.82, 2.24) is 9.55 Å². The number of fused-ring (bicyclic) bond motifs is 1. The summed E-state index contributed by atoms with van der Waals surface area (Å²) in [6, 6.07) is 0. The molecule has 92 valence electrons. The third kappa shape index (κ3) is 2.06. The number of nitrogens with zero attached hydrogens (tertiary/aromatic N) is 2. The Morgan fingerprint density at radius 3 is 2.82 bits per heavy atom. The molecule has 0 fully saturated rings. The maximum atomic E-state index is 12.2. The van der Waals surface area contributed by atoms with Crippen LogP contribution in [0.2, 0.25) is 0 Å². The first kappa shape index (κ1) is 12.8. The van der Waals surface area contributed by atoms with Crippen LogP contribution in [0.1, 0.15) is 35.9 Å². The lowest BCUT2D eigenvalue weighted by Gasteiger charge is -2.32. The number of alkyl halides is 1. The standard InChI is InChI=1S/C10H10Br2N2O3/c1-10(12)4-2-3-5-13-7(11)6(9(16)17)8(15)14(5)10/h2-4H2,1H3,(H,16,17). The largest absolute Gasteiger partial charge is 0.477 e.